The van der Waals surface area contributed by atoms with Crippen molar-refractivity contribution >= 4 is 41.9 Å². The number of phenolic OH excluding ortho intramolecular Hbond substituents is 1. The summed E-state index contributed by atoms with van der Waals surface area (Å²) in [7, 11) is 0. The van der Waals surface area contributed by atoms with Gasteiger partial charge in [-0.1, -0.05) is 116 Å². The van der Waals surface area contributed by atoms with E-state index in [1.54, 1.807) is 0 Å². The number of anilines is 1. The summed E-state index contributed by atoms with van der Waals surface area (Å²) in [5.74, 6) is -4.04. The van der Waals surface area contributed by atoms with Gasteiger partial charge in [-0.05, 0) is 69.9 Å². The van der Waals surface area contributed by atoms with Crippen LogP contribution in [-0.4, -0.2) is 70.8 Å². The largest absolute Gasteiger partial charge is 0.505 e. The lowest BCUT2D eigenvalue weighted by Crippen LogP contribution is -2.50. The number of hydrogen-bond donors (Lipinski definition) is 4. The predicted molar refractivity (Wildman–Crippen MR) is 222 cm³/mol. The molecule has 1 saturated heterocycles. The van der Waals surface area contributed by atoms with E-state index in [9.17, 15) is 33.9 Å². The van der Waals surface area contributed by atoms with Crippen LogP contribution in [0.5, 0.6) is 5.75 Å². The Morgan fingerprint density at radius 1 is 0.879 bits per heavy atom. The molecule has 1 aliphatic heterocycles. The number of unbranched alkanes of at least 4 members (excludes halogenated alkanes) is 11. The summed E-state index contributed by atoms with van der Waals surface area (Å²) in [4.78, 5) is 73.1. The first-order chi connectivity index (χ1) is 27.8. The van der Waals surface area contributed by atoms with Crippen molar-refractivity contribution < 1.29 is 53.2 Å². The van der Waals surface area contributed by atoms with Crippen molar-refractivity contribution in [2.75, 3.05) is 5.32 Å². The standard InChI is InChI=1S/C27H38N2O9.C18H32O2/c1-6-7-8-10-19-24(38-21(31)13-15(2)3)17(5)37-27(35)22(16(4)36-26(19)34)29-25(33)18-11-9-12-20(23(18)32)28-14-30;19-18(20)16-10-8-6-4-2-1-3-5-7-9-13-17-14-11-12-15-17/h9,11-12,14-17,19,22,24,32H,6-8,10,13H2,1-5H3,(H,28,30)(H,29,33);11,14,17H,1-10,12-13,15-16H2,(H,19,20). The average molecular weight is 815 g/mol. The number of allylic oxidation sites excluding steroid dienone is 2. The van der Waals surface area contributed by atoms with Gasteiger partial charge in [0.2, 0.25) is 6.41 Å². The van der Waals surface area contributed by atoms with Gasteiger partial charge < -0.3 is 35.1 Å². The van der Waals surface area contributed by atoms with E-state index in [0.29, 0.717) is 25.7 Å². The molecule has 0 bridgehead atoms. The minimum atomic E-state index is -1.42. The zero-order chi connectivity index (χ0) is 42.9. The maximum absolute atomic E-state index is 13.3. The SMILES string of the molecule is CCCCCC1C(=O)OC(C)C(NC(=O)c2cccc(NC=O)c2O)C(=O)OC(C)C1OC(=O)CC(C)C.O=C(O)CCCCCCCCCCCCC1C=CCC1. The van der Waals surface area contributed by atoms with Crippen LogP contribution in [0.2, 0.25) is 0 Å². The number of benzene rings is 1. The highest BCUT2D eigenvalue weighted by Crippen LogP contribution is 2.29. The molecule has 0 saturated carbocycles. The summed E-state index contributed by atoms with van der Waals surface area (Å²) >= 11 is 0. The Kier molecular flexibility index (Phi) is 24.1. The fourth-order valence-corrected chi connectivity index (χ4v) is 7.26. The van der Waals surface area contributed by atoms with Crippen LogP contribution in [0.4, 0.5) is 5.69 Å². The molecule has 58 heavy (non-hydrogen) atoms. The Morgan fingerprint density at radius 3 is 2.09 bits per heavy atom. The first-order valence-corrected chi connectivity index (χ1v) is 21.6. The third kappa shape index (κ3) is 18.9. The molecule has 1 heterocycles. The number of cyclic esters (lactones) is 2. The molecular formula is C45H70N2O11. The van der Waals surface area contributed by atoms with Gasteiger partial charge >= 0.3 is 23.9 Å². The van der Waals surface area contributed by atoms with Crippen molar-refractivity contribution in [3.63, 3.8) is 0 Å². The minimum absolute atomic E-state index is 0.00114. The molecule has 1 aromatic rings. The highest BCUT2D eigenvalue weighted by atomic mass is 16.6. The Bertz CT molecular complexity index is 1460. The quantitative estimate of drug-likeness (QED) is 0.0195. The summed E-state index contributed by atoms with van der Waals surface area (Å²) in [5, 5.41) is 23.6. The molecule has 0 spiro atoms. The van der Waals surface area contributed by atoms with E-state index in [-0.39, 0.29) is 23.6 Å². The van der Waals surface area contributed by atoms with Crippen LogP contribution in [0.1, 0.15) is 167 Å². The number of amides is 2. The van der Waals surface area contributed by atoms with Crippen molar-refractivity contribution in [2.24, 2.45) is 17.8 Å². The highest BCUT2D eigenvalue weighted by Gasteiger charge is 2.44. The summed E-state index contributed by atoms with van der Waals surface area (Å²) in [6, 6.07) is 2.71. The number of phenols is 1. The Labute approximate surface area is 345 Å². The van der Waals surface area contributed by atoms with E-state index in [2.05, 4.69) is 22.8 Å². The number of nitrogens with one attached hydrogen (secondary N) is 2. The van der Waals surface area contributed by atoms with Crippen molar-refractivity contribution in [3.8, 4) is 5.75 Å². The molecular weight excluding hydrogens is 744 g/mol. The Balaban J connectivity index is 0.000000487. The second-order valence-corrected chi connectivity index (χ2v) is 16.1. The van der Waals surface area contributed by atoms with Gasteiger partial charge in [0.05, 0.1) is 17.2 Å². The second kappa shape index (κ2) is 28.1. The van der Waals surface area contributed by atoms with Gasteiger partial charge in [-0.3, -0.25) is 24.0 Å². The number of carbonyl (C=O) groups is 6. The number of carboxylic acids is 1. The number of hydrogen-bond acceptors (Lipinski definition) is 10. The molecule has 4 N–H and O–H groups in total. The summed E-state index contributed by atoms with van der Waals surface area (Å²) in [5.41, 5.74) is -0.215. The fraction of sp³-hybridized carbons (Fsp3) is 0.689. The fourth-order valence-electron chi connectivity index (χ4n) is 7.26. The minimum Gasteiger partial charge on any atom is -0.505 e. The molecule has 13 nitrogen and oxygen atoms in total. The van der Waals surface area contributed by atoms with Gasteiger partial charge in [0.1, 0.15) is 12.2 Å². The van der Waals surface area contributed by atoms with Gasteiger partial charge in [0.15, 0.2) is 17.9 Å². The zero-order valence-corrected chi connectivity index (χ0v) is 35.5. The zero-order valence-electron chi connectivity index (χ0n) is 35.5. The number of rotatable bonds is 24. The third-order valence-corrected chi connectivity index (χ3v) is 10.6. The predicted octanol–water partition coefficient (Wildman–Crippen LogP) is 8.81. The molecule has 1 fully saturated rings. The van der Waals surface area contributed by atoms with Crippen molar-refractivity contribution in [3.05, 3.63) is 35.9 Å². The smallest absolute Gasteiger partial charge is 0.332 e. The number of carboxylic acid groups (broad SMARTS) is 1. The number of aliphatic carboxylic acids is 1. The summed E-state index contributed by atoms with van der Waals surface area (Å²) in [6.07, 6.45) is 22.0. The topological polar surface area (TPSA) is 195 Å². The highest BCUT2D eigenvalue weighted by molar-refractivity contribution is 6.01. The van der Waals surface area contributed by atoms with E-state index in [4.69, 9.17) is 19.3 Å². The van der Waals surface area contributed by atoms with E-state index in [0.717, 1.165) is 31.6 Å². The first kappa shape index (κ1) is 49.7. The van der Waals surface area contributed by atoms with E-state index in [1.807, 2.05) is 20.8 Å². The van der Waals surface area contributed by atoms with Crippen molar-refractivity contribution in [1.29, 1.82) is 0 Å². The normalized spacial score (nSPS) is 21.7. The Hall–Kier alpha value is -4.42. The van der Waals surface area contributed by atoms with E-state index in [1.165, 1.54) is 103 Å². The molecule has 326 valence electrons. The van der Waals surface area contributed by atoms with E-state index < -0.39 is 65.8 Å². The maximum atomic E-state index is 13.3. The molecule has 13 heteroatoms. The number of para-hydroxylation sites is 1. The van der Waals surface area contributed by atoms with Gasteiger partial charge in [-0.2, -0.15) is 0 Å². The molecule has 2 amide bonds. The molecule has 6 atom stereocenters. The van der Waals surface area contributed by atoms with E-state index >= 15 is 0 Å². The number of ether oxygens (including phenoxy) is 3. The first-order valence-electron chi connectivity index (χ1n) is 21.6. The summed E-state index contributed by atoms with van der Waals surface area (Å²) in [6.45, 7) is 8.70. The van der Waals surface area contributed by atoms with Crippen LogP contribution >= 0.6 is 0 Å². The molecule has 1 aliphatic carbocycles. The third-order valence-electron chi connectivity index (χ3n) is 10.6. The van der Waals surface area contributed by atoms with Crippen LogP contribution in [0.3, 0.4) is 0 Å². The Morgan fingerprint density at radius 2 is 1.50 bits per heavy atom. The molecule has 0 radical (unpaired) electrons. The molecule has 3 rings (SSSR count). The van der Waals surface area contributed by atoms with Crippen LogP contribution in [0, 0.1) is 17.8 Å². The monoisotopic (exact) mass is 814 g/mol. The number of esters is 3. The van der Waals surface area contributed by atoms with Crippen LogP contribution in [0.25, 0.3) is 0 Å². The maximum Gasteiger partial charge on any atom is 0.332 e. The van der Waals surface area contributed by atoms with Gasteiger partial charge in [-0.25, -0.2) is 4.79 Å². The van der Waals surface area contributed by atoms with Crippen LogP contribution in [0.15, 0.2) is 30.4 Å². The average Bonchev–Trinajstić information content (AvgIpc) is 3.69. The van der Waals surface area contributed by atoms with Crippen LogP contribution in [-0.2, 0) is 38.2 Å². The van der Waals surface area contributed by atoms with Gasteiger partial charge in [0.25, 0.3) is 5.91 Å². The van der Waals surface area contributed by atoms with Gasteiger partial charge in [-0.15, -0.1) is 0 Å². The summed E-state index contributed by atoms with van der Waals surface area (Å²) < 4.78 is 16.9. The van der Waals surface area contributed by atoms with Gasteiger partial charge in [0, 0.05) is 12.8 Å². The second-order valence-electron chi connectivity index (χ2n) is 16.1. The number of aromatic hydroxyl groups is 1. The molecule has 6 unspecified atom stereocenters. The van der Waals surface area contributed by atoms with Crippen molar-refractivity contribution in [2.45, 2.75) is 181 Å². The van der Waals surface area contributed by atoms with Crippen molar-refractivity contribution in [1.82, 2.24) is 5.32 Å². The lowest BCUT2D eigenvalue weighted by molar-refractivity contribution is -0.175. The lowest BCUT2D eigenvalue weighted by atomic mass is 9.92. The van der Waals surface area contributed by atoms with Crippen LogP contribution < -0.4 is 10.6 Å². The lowest BCUT2D eigenvalue weighted by Gasteiger charge is -2.29. The molecule has 0 aromatic heterocycles. The molecule has 2 aliphatic rings. The number of carbonyl (C=O) groups excluding carboxylic acids is 5. The molecule has 1 aromatic carbocycles.